The summed E-state index contributed by atoms with van der Waals surface area (Å²) >= 11 is 0. The van der Waals surface area contributed by atoms with Crippen LogP contribution in [0.1, 0.15) is 24.2 Å². The largest absolute Gasteiger partial charge is 0.491 e. The number of benzene rings is 2. The first-order valence-electron chi connectivity index (χ1n) is 7.82. The summed E-state index contributed by atoms with van der Waals surface area (Å²) in [5.41, 5.74) is 1.67. The predicted molar refractivity (Wildman–Crippen MR) is 92.1 cm³/mol. The van der Waals surface area contributed by atoms with Crippen molar-refractivity contribution < 1.29 is 18.4 Å². The Morgan fingerprint density at radius 1 is 1.12 bits per heavy atom. The third kappa shape index (κ3) is 4.23. The van der Waals surface area contributed by atoms with E-state index < -0.39 is 0 Å². The van der Waals surface area contributed by atoms with Gasteiger partial charge in [0.1, 0.15) is 17.3 Å². The zero-order chi connectivity index (χ0) is 17.8. The van der Waals surface area contributed by atoms with E-state index in [1.807, 2.05) is 13.8 Å². The summed E-state index contributed by atoms with van der Waals surface area (Å²) in [6.07, 6.45) is 0.0683. The molecule has 0 aliphatic rings. The van der Waals surface area contributed by atoms with Gasteiger partial charge in [0.15, 0.2) is 0 Å². The number of halogens is 1. The summed E-state index contributed by atoms with van der Waals surface area (Å²) in [6, 6.07) is 14.2. The second-order valence-electron chi connectivity index (χ2n) is 5.73. The SMILES string of the molecule is CC(C)Oc1ccc(C(=O)Nc2cc(-c3ccc(F)cc3)no2)cc1. The van der Waals surface area contributed by atoms with Gasteiger partial charge in [-0.1, -0.05) is 5.16 Å². The fourth-order valence-corrected chi connectivity index (χ4v) is 2.23. The maximum absolute atomic E-state index is 13.0. The highest BCUT2D eigenvalue weighted by Gasteiger charge is 2.12. The number of aromatic nitrogens is 1. The van der Waals surface area contributed by atoms with Crippen LogP contribution in [0, 0.1) is 5.82 Å². The molecule has 1 heterocycles. The van der Waals surface area contributed by atoms with Crippen molar-refractivity contribution >= 4 is 11.8 Å². The van der Waals surface area contributed by atoms with Gasteiger partial charge in [-0.2, -0.15) is 0 Å². The van der Waals surface area contributed by atoms with Crippen LogP contribution in [0.5, 0.6) is 5.75 Å². The molecular formula is C19H17FN2O3. The average Bonchev–Trinajstić information content (AvgIpc) is 3.04. The van der Waals surface area contributed by atoms with Crippen molar-refractivity contribution in [3.05, 3.63) is 66.0 Å². The standard InChI is InChI=1S/C19H17FN2O3/c1-12(2)24-16-9-5-14(6-10-16)19(23)21-18-11-17(22-25-18)13-3-7-15(20)8-4-13/h3-12H,1-2H3,(H,21,23). The van der Waals surface area contributed by atoms with E-state index in [-0.39, 0.29) is 23.7 Å². The number of nitrogens with one attached hydrogen (secondary N) is 1. The monoisotopic (exact) mass is 340 g/mol. The Hall–Kier alpha value is -3.15. The fourth-order valence-electron chi connectivity index (χ4n) is 2.23. The summed E-state index contributed by atoms with van der Waals surface area (Å²) in [7, 11) is 0. The van der Waals surface area contributed by atoms with Crippen LogP contribution < -0.4 is 10.1 Å². The summed E-state index contributed by atoms with van der Waals surface area (Å²) in [4.78, 5) is 12.2. The molecule has 1 amide bonds. The molecule has 1 aromatic heterocycles. The molecule has 6 heteroatoms. The molecule has 2 aromatic carbocycles. The summed E-state index contributed by atoms with van der Waals surface area (Å²) in [6.45, 7) is 3.87. The van der Waals surface area contributed by atoms with Crippen LogP contribution in [0.2, 0.25) is 0 Å². The molecule has 0 aliphatic heterocycles. The molecule has 3 aromatic rings. The molecule has 5 nitrogen and oxygen atoms in total. The van der Waals surface area contributed by atoms with E-state index in [1.54, 1.807) is 42.5 Å². The first-order valence-corrected chi connectivity index (χ1v) is 7.82. The van der Waals surface area contributed by atoms with Crippen molar-refractivity contribution in [1.82, 2.24) is 5.16 Å². The Morgan fingerprint density at radius 3 is 2.44 bits per heavy atom. The molecule has 0 spiro atoms. The van der Waals surface area contributed by atoms with Crippen molar-refractivity contribution in [2.45, 2.75) is 20.0 Å². The maximum Gasteiger partial charge on any atom is 0.258 e. The number of hydrogen-bond acceptors (Lipinski definition) is 4. The van der Waals surface area contributed by atoms with E-state index >= 15 is 0 Å². The van der Waals surface area contributed by atoms with Gasteiger partial charge in [0.25, 0.3) is 5.91 Å². The van der Waals surface area contributed by atoms with Crippen LogP contribution in [0.25, 0.3) is 11.3 Å². The van der Waals surface area contributed by atoms with Crippen LogP contribution in [0.15, 0.2) is 59.1 Å². The van der Waals surface area contributed by atoms with Crippen molar-refractivity contribution in [3.8, 4) is 17.0 Å². The fraction of sp³-hybridized carbons (Fsp3) is 0.158. The third-order valence-electron chi connectivity index (χ3n) is 3.38. The quantitative estimate of drug-likeness (QED) is 0.742. The molecule has 0 saturated carbocycles. The number of carbonyl (C=O) groups is 1. The molecule has 0 atom stereocenters. The van der Waals surface area contributed by atoms with E-state index in [4.69, 9.17) is 9.26 Å². The van der Waals surface area contributed by atoms with Gasteiger partial charge >= 0.3 is 0 Å². The van der Waals surface area contributed by atoms with Crippen LogP contribution in [-0.2, 0) is 0 Å². The Balaban J connectivity index is 1.68. The molecule has 128 valence electrons. The molecule has 1 N–H and O–H groups in total. The highest BCUT2D eigenvalue weighted by atomic mass is 19.1. The maximum atomic E-state index is 13.0. The number of carbonyl (C=O) groups excluding carboxylic acids is 1. The molecule has 0 aliphatic carbocycles. The predicted octanol–water partition coefficient (Wildman–Crippen LogP) is 4.52. The number of hydrogen-bond donors (Lipinski definition) is 1. The van der Waals surface area contributed by atoms with Gasteiger partial charge in [0.05, 0.1) is 6.10 Å². The minimum Gasteiger partial charge on any atom is -0.491 e. The summed E-state index contributed by atoms with van der Waals surface area (Å²) < 4.78 is 23.6. The lowest BCUT2D eigenvalue weighted by Gasteiger charge is -2.09. The van der Waals surface area contributed by atoms with E-state index in [9.17, 15) is 9.18 Å². The lowest BCUT2D eigenvalue weighted by atomic mass is 10.1. The lowest BCUT2D eigenvalue weighted by molar-refractivity contribution is 0.102. The highest BCUT2D eigenvalue weighted by molar-refractivity contribution is 6.03. The topological polar surface area (TPSA) is 64.4 Å². The number of anilines is 1. The van der Waals surface area contributed by atoms with E-state index in [0.29, 0.717) is 22.6 Å². The number of amides is 1. The molecule has 0 saturated heterocycles. The molecule has 3 rings (SSSR count). The van der Waals surface area contributed by atoms with Gasteiger partial charge in [0.2, 0.25) is 5.88 Å². The van der Waals surface area contributed by atoms with Crippen LogP contribution in [0.4, 0.5) is 10.3 Å². The van der Waals surface area contributed by atoms with Crippen LogP contribution >= 0.6 is 0 Å². The van der Waals surface area contributed by atoms with E-state index in [0.717, 1.165) is 0 Å². The van der Waals surface area contributed by atoms with E-state index in [1.165, 1.54) is 12.1 Å². The van der Waals surface area contributed by atoms with Crippen LogP contribution in [-0.4, -0.2) is 17.2 Å². The zero-order valence-corrected chi connectivity index (χ0v) is 13.8. The normalized spacial score (nSPS) is 10.7. The smallest absolute Gasteiger partial charge is 0.258 e. The molecule has 0 unspecified atom stereocenters. The molecule has 0 bridgehead atoms. The number of ether oxygens (including phenoxy) is 1. The van der Waals surface area contributed by atoms with Gasteiger partial charge in [-0.15, -0.1) is 0 Å². The Labute approximate surface area is 144 Å². The molecule has 0 radical (unpaired) electrons. The second kappa shape index (κ2) is 7.17. The lowest BCUT2D eigenvalue weighted by Crippen LogP contribution is -2.11. The minimum absolute atomic E-state index is 0.0683. The number of nitrogens with zero attached hydrogens (tertiary/aromatic N) is 1. The van der Waals surface area contributed by atoms with Crippen molar-refractivity contribution in [3.63, 3.8) is 0 Å². The Bertz CT molecular complexity index is 855. The second-order valence-corrected chi connectivity index (χ2v) is 5.73. The summed E-state index contributed by atoms with van der Waals surface area (Å²) in [5, 5.41) is 6.51. The average molecular weight is 340 g/mol. The first kappa shape index (κ1) is 16.7. The van der Waals surface area contributed by atoms with Gasteiger partial charge in [-0.3, -0.25) is 10.1 Å². The van der Waals surface area contributed by atoms with Crippen molar-refractivity contribution in [2.24, 2.45) is 0 Å². The van der Waals surface area contributed by atoms with Gasteiger partial charge in [0, 0.05) is 17.2 Å². The minimum atomic E-state index is -0.328. The summed E-state index contributed by atoms with van der Waals surface area (Å²) in [5.74, 6) is 0.264. The molecule has 25 heavy (non-hydrogen) atoms. The van der Waals surface area contributed by atoms with Crippen LogP contribution in [0.3, 0.4) is 0 Å². The van der Waals surface area contributed by atoms with Gasteiger partial charge in [-0.25, -0.2) is 4.39 Å². The Morgan fingerprint density at radius 2 is 1.80 bits per heavy atom. The number of rotatable bonds is 5. The van der Waals surface area contributed by atoms with Gasteiger partial charge < -0.3 is 9.26 Å². The highest BCUT2D eigenvalue weighted by Crippen LogP contribution is 2.22. The first-order chi connectivity index (χ1) is 12.0. The molecular weight excluding hydrogens is 323 g/mol. The Kier molecular flexibility index (Phi) is 4.79. The zero-order valence-electron chi connectivity index (χ0n) is 13.8. The van der Waals surface area contributed by atoms with Crippen molar-refractivity contribution in [1.29, 1.82) is 0 Å². The van der Waals surface area contributed by atoms with Crippen molar-refractivity contribution in [2.75, 3.05) is 5.32 Å². The molecule has 0 fully saturated rings. The van der Waals surface area contributed by atoms with E-state index in [2.05, 4.69) is 10.5 Å². The van der Waals surface area contributed by atoms with Gasteiger partial charge in [-0.05, 0) is 62.4 Å². The third-order valence-corrected chi connectivity index (χ3v) is 3.38.